The van der Waals surface area contributed by atoms with E-state index in [2.05, 4.69) is 25.8 Å². The van der Waals surface area contributed by atoms with Crippen LogP contribution in [-0.4, -0.2) is 78.4 Å². The van der Waals surface area contributed by atoms with Gasteiger partial charge in [0, 0.05) is 38.3 Å². The van der Waals surface area contributed by atoms with Gasteiger partial charge in [0.25, 0.3) is 0 Å². The van der Waals surface area contributed by atoms with E-state index in [1.807, 2.05) is 40.1 Å². The van der Waals surface area contributed by atoms with E-state index in [0.717, 1.165) is 44.8 Å². The summed E-state index contributed by atoms with van der Waals surface area (Å²) in [4.78, 5) is 31.8. The van der Waals surface area contributed by atoms with E-state index < -0.39 is 0 Å². The lowest BCUT2D eigenvalue weighted by atomic mass is 9.93. The molecule has 0 saturated carbocycles. The number of carbonyl (C=O) groups excluding carboxylic acids is 2. The van der Waals surface area contributed by atoms with Crippen molar-refractivity contribution in [3.8, 4) is 5.75 Å². The van der Waals surface area contributed by atoms with Crippen molar-refractivity contribution in [3.63, 3.8) is 0 Å². The molecule has 0 spiro atoms. The first-order valence-electron chi connectivity index (χ1n) is 10.3. The average molecular weight is 388 g/mol. The monoisotopic (exact) mass is 387 g/mol. The fourth-order valence-electron chi connectivity index (χ4n) is 4.02. The van der Waals surface area contributed by atoms with Crippen LogP contribution in [0.1, 0.15) is 33.1 Å². The molecule has 0 bridgehead atoms. The van der Waals surface area contributed by atoms with Gasteiger partial charge in [0.15, 0.2) is 0 Å². The molecule has 2 amide bonds. The second-order valence-electron chi connectivity index (χ2n) is 8.58. The van der Waals surface area contributed by atoms with Crippen molar-refractivity contribution in [3.05, 3.63) is 30.3 Å². The van der Waals surface area contributed by atoms with Crippen LogP contribution in [0.5, 0.6) is 5.75 Å². The number of piperazine rings is 1. The fourth-order valence-corrected chi connectivity index (χ4v) is 4.02. The molecule has 2 fully saturated rings. The van der Waals surface area contributed by atoms with Crippen LogP contribution in [0.25, 0.3) is 0 Å². The molecule has 3 rings (SSSR count). The SMILES string of the molecule is CN1CCN(C(=O)C2CCCN(C(=O)CCOc3ccccc3)C2)CC1(C)C. The number of carbonyl (C=O) groups is 2. The smallest absolute Gasteiger partial charge is 0.227 e. The third-order valence-corrected chi connectivity index (χ3v) is 6.08. The highest BCUT2D eigenvalue weighted by atomic mass is 16.5. The third kappa shape index (κ3) is 5.04. The number of nitrogens with zero attached hydrogens (tertiary/aromatic N) is 3. The molecule has 0 N–H and O–H groups in total. The topological polar surface area (TPSA) is 53.1 Å². The van der Waals surface area contributed by atoms with Crippen molar-refractivity contribution in [2.75, 3.05) is 46.4 Å². The van der Waals surface area contributed by atoms with Gasteiger partial charge in [0.2, 0.25) is 11.8 Å². The molecule has 2 aliphatic heterocycles. The van der Waals surface area contributed by atoms with Crippen LogP contribution in [0.15, 0.2) is 30.3 Å². The molecule has 0 aliphatic carbocycles. The molecule has 1 aromatic carbocycles. The summed E-state index contributed by atoms with van der Waals surface area (Å²) >= 11 is 0. The fraction of sp³-hybridized carbons (Fsp3) is 0.636. The number of rotatable bonds is 5. The molecule has 1 unspecified atom stereocenters. The van der Waals surface area contributed by atoms with Gasteiger partial charge in [0.05, 0.1) is 18.9 Å². The summed E-state index contributed by atoms with van der Waals surface area (Å²) in [5.74, 6) is 0.984. The minimum Gasteiger partial charge on any atom is -0.493 e. The predicted molar refractivity (Wildman–Crippen MR) is 109 cm³/mol. The molecule has 6 nitrogen and oxygen atoms in total. The number of para-hydroxylation sites is 1. The largest absolute Gasteiger partial charge is 0.493 e. The second-order valence-corrected chi connectivity index (χ2v) is 8.58. The molecule has 6 heteroatoms. The van der Waals surface area contributed by atoms with Crippen LogP contribution >= 0.6 is 0 Å². The lowest BCUT2D eigenvalue weighted by Crippen LogP contribution is -2.60. The minimum atomic E-state index is -0.0769. The van der Waals surface area contributed by atoms with Gasteiger partial charge in [0.1, 0.15) is 5.75 Å². The number of likely N-dealkylation sites (tertiary alicyclic amines) is 1. The Morgan fingerprint density at radius 3 is 2.57 bits per heavy atom. The highest BCUT2D eigenvalue weighted by molar-refractivity contribution is 5.81. The van der Waals surface area contributed by atoms with Gasteiger partial charge in [-0.15, -0.1) is 0 Å². The van der Waals surface area contributed by atoms with Gasteiger partial charge < -0.3 is 14.5 Å². The number of ether oxygens (including phenoxy) is 1. The normalized spacial score (nSPS) is 22.8. The molecular formula is C22H33N3O3. The third-order valence-electron chi connectivity index (χ3n) is 6.08. The van der Waals surface area contributed by atoms with Crippen LogP contribution in [0.4, 0.5) is 0 Å². The van der Waals surface area contributed by atoms with Gasteiger partial charge in [-0.25, -0.2) is 0 Å². The highest BCUT2D eigenvalue weighted by Gasteiger charge is 2.37. The highest BCUT2D eigenvalue weighted by Crippen LogP contribution is 2.24. The lowest BCUT2D eigenvalue weighted by molar-refractivity contribution is -0.144. The number of piperidine rings is 1. The Morgan fingerprint density at radius 2 is 1.86 bits per heavy atom. The molecular weight excluding hydrogens is 354 g/mol. The Morgan fingerprint density at radius 1 is 1.11 bits per heavy atom. The lowest BCUT2D eigenvalue weighted by Gasteiger charge is -2.46. The summed E-state index contributed by atoms with van der Waals surface area (Å²) < 4.78 is 5.64. The summed E-state index contributed by atoms with van der Waals surface area (Å²) in [5.41, 5.74) is -0.00708. The molecule has 0 radical (unpaired) electrons. The Kier molecular flexibility index (Phi) is 6.60. The van der Waals surface area contributed by atoms with E-state index in [1.54, 1.807) is 0 Å². The summed E-state index contributed by atoms with van der Waals surface area (Å²) in [5, 5.41) is 0. The summed E-state index contributed by atoms with van der Waals surface area (Å²) in [6, 6.07) is 9.54. The summed E-state index contributed by atoms with van der Waals surface area (Å²) in [6.45, 7) is 8.41. The van der Waals surface area contributed by atoms with Crippen LogP contribution in [0.2, 0.25) is 0 Å². The van der Waals surface area contributed by atoms with E-state index in [1.165, 1.54) is 0 Å². The number of likely N-dealkylation sites (N-methyl/N-ethyl adjacent to an activating group) is 1. The Labute approximate surface area is 168 Å². The van der Waals surface area contributed by atoms with Gasteiger partial charge in [-0.3, -0.25) is 14.5 Å². The number of hydrogen-bond acceptors (Lipinski definition) is 4. The molecule has 2 heterocycles. The number of benzene rings is 1. The van der Waals surface area contributed by atoms with Crippen molar-refractivity contribution < 1.29 is 14.3 Å². The van der Waals surface area contributed by atoms with E-state index in [4.69, 9.17) is 4.74 Å². The maximum atomic E-state index is 13.1. The summed E-state index contributed by atoms with van der Waals surface area (Å²) in [7, 11) is 2.11. The second kappa shape index (κ2) is 8.95. The zero-order chi connectivity index (χ0) is 20.1. The van der Waals surface area contributed by atoms with E-state index in [-0.39, 0.29) is 23.3 Å². The minimum absolute atomic E-state index is 0.00708. The van der Waals surface area contributed by atoms with E-state index >= 15 is 0 Å². The molecule has 2 aliphatic rings. The van der Waals surface area contributed by atoms with Crippen LogP contribution in [0.3, 0.4) is 0 Å². The Balaban J connectivity index is 1.49. The van der Waals surface area contributed by atoms with Gasteiger partial charge in [-0.2, -0.15) is 0 Å². The number of amides is 2. The van der Waals surface area contributed by atoms with Crippen LogP contribution in [-0.2, 0) is 9.59 Å². The quantitative estimate of drug-likeness (QED) is 0.778. The Bertz CT molecular complexity index is 677. The van der Waals surface area contributed by atoms with Crippen molar-refractivity contribution in [1.29, 1.82) is 0 Å². The van der Waals surface area contributed by atoms with Crippen LogP contribution < -0.4 is 4.74 Å². The predicted octanol–water partition coefficient (Wildman–Crippen LogP) is 2.25. The maximum Gasteiger partial charge on any atom is 0.227 e. The maximum absolute atomic E-state index is 13.1. The van der Waals surface area contributed by atoms with Crippen molar-refractivity contribution in [1.82, 2.24) is 14.7 Å². The van der Waals surface area contributed by atoms with Gasteiger partial charge in [-0.1, -0.05) is 18.2 Å². The number of hydrogen-bond donors (Lipinski definition) is 0. The molecule has 0 aromatic heterocycles. The first-order valence-corrected chi connectivity index (χ1v) is 10.3. The standard InChI is InChI=1S/C22H33N3O3/c1-22(2)17-25(14-13-23(22)3)21(27)18-8-7-12-24(16-18)20(26)11-15-28-19-9-5-4-6-10-19/h4-6,9-10,18H,7-8,11-17H2,1-3H3. The molecule has 28 heavy (non-hydrogen) atoms. The molecule has 1 atom stereocenters. The average Bonchev–Trinajstić information content (AvgIpc) is 2.70. The first kappa shape index (κ1) is 20.6. The first-order chi connectivity index (χ1) is 13.4. The molecule has 154 valence electrons. The van der Waals surface area contributed by atoms with Crippen molar-refractivity contribution in [2.24, 2.45) is 5.92 Å². The summed E-state index contributed by atoms with van der Waals surface area (Å²) in [6.07, 6.45) is 2.10. The van der Waals surface area contributed by atoms with E-state index in [0.29, 0.717) is 19.6 Å². The van der Waals surface area contributed by atoms with Gasteiger partial charge in [-0.05, 0) is 45.9 Å². The molecule has 2 saturated heterocycles. The zero-order valence-corrected chi connectivity index (χ0v) is 17.4. The van der Waals surface area contributed by atoms with Crippen molar-refractivity contribution >= 4 is 11.8 Å². The Hall–Kier alpha value is -2.08. The van der Waals surface area contributed by atoms with Gasteiger partial charge >= 0.3 is 0 Å². The van der Waals surface area contributed by atoms with Crippen molar-refractivity contribution in [2.45, 2.75) is 38.6 Å². The molecule has 1 aromatic rings. The zero-order valence-electron chi connectivity index (χ0n) is 17.4. The van der Waals surface area contributed by atoms with Crippen LogP contribution in [0, 0.1) is 5.92 Å². The van der Waals surface area contributed by atoms with E-state index in [9.17, 15) is 9.59 Å².